The Balaban J connectivity index is 1.86. The Morgan fingerprint density at radius 1 is 0.867 bits per heavy atom. The molecule has 0 unspecified atom stereocenters. The second kappa shape index (κ2) is 11.3. The first-order valence-corrected chi connectivity index (χ1v) is 11.0. The minimum Gasteiger partial charge on any atom is -0.502 e. The van der Waals surface area contributed by atoms with Gasteiger partial charge in [0, 0.05) is 23.4 Å². The number of pyridine rings is 1. The molecule has 0 atom stereocenters. The van der Waals surface area contributed by atoms with Crippen molar-refractivity contribution >= 4 is 34.3 Å². The first-order chi connectivity index (χ1) is 14.7. The van der Waals surface area contributed by atoms with Crippen LogP contribution in [-0.4, -0.2) is 10.1 Å². The van der Waals surface area contributed by atoms with Crippen molar-refractivity contribution in [2.45, 2.75) is 39.0 Å². The zero-order valence-electron chi connectivity index (χ0n) is 17.4. The maximum Gasteiger partial charge on any atom is 0.288 e. The molecule has 0 aliphatic heterocycles. The minimum atomic E-state index is 0.150. The van der Waals surface area contributed by atoms with Crippen LogP contribution < -0.4 is 9.88 Å². The number of aliphatic hydroxyl groups is 1. The highest BCUT2D eigenvalue weighted by molar-refractivity contribution is 7.81. The second-order valence-electron chi connectivity index (χ2n) is 7.31. The zero-order valence-corrected chi connectivity index (χ0v) is 18.2. The Bertz CT molecular complexity index is 967. The van der Waals surface area contributed by atoms with Crippen LogP contribution in [0.1, 0.15) is 43.7 Å². The van der Waals surface area contributed by atoms with E-state index in [1.54, 1.807) is 0 Å². The summed E-state index contributed by atoms with van der Waals surface area (Å²) >= 11 is 5.67. The molecule has 0 bridgehead atoms. The Morgan fingerprint density at radius 2 is 1.53 bits per heavy atom. The Labute approximate surface area is 184 Å². The summed E-state index contributed by atoms with van der Waals surface area (Å²) in [5, 5.41) is 14.4. The predicted octanol–water partition coefficient (Wildman–Crippen LogP) is 6.42. The van der Waals surface area contributed by atoms with E-state index in [9.17, 15) is 5.11 Å². The smallest absolute Gasteiger partial charge is 0.288 e. The Morgan fingerprint density at radius 3 is 2.20 bits per heavy atom. The number of aromatic nitrogens is 1. The fraction of sp³-hybridized carbons (Fsp3) is 0.231. The molecule has 0 saturated heterocycles. The zero-order chi connectivity index (χ0) is 21.2. The number of benzene rings is 2. The van der Waals surface area contributed by atoms with E-state index in [-0.39, 0.29) is 5.76 Å². The third-order valence-electron chi connectivity index (χ3n) is 4.99. The molecule has 3 nitrogen and oxygen atoms in total. The maximum atomic E-state index is 11.2. The molecule has 3 aromatic rings. The Hall–Kier alpha value is -2.98. The van der Waals surface area contributed by atoms with Crippen LogP contribution in [0.3, 0.4) is 0 Å². The lowest BCUT2D eigenvalue weighted by Crippen LogP contribution is -2.38. The van der Waals surface area contributed by atoms with Crippen LogP contribution in [-0.2, 0) is 6.42 Å². The highest BCUT2D eigenvalue weighted by atomic mass is 32.1. The molecular formula is C26H29N2OS+. The molecule has 4 heteroatoms. The van der Waals surface area contributed by atoms with Crippen molar-refractivity contribution in [1.29, 1.82) is 0 Å². The summed E-state index contributed by atoms with van der Waals surface area (Å²) in [5.41, 5.74) is 3.47. The van der Waals surface area contributed by atoms with E-state index >= 15 is 0 Å². The molecule has 1 aromatic heterocycles. The third-order valence-corrected chi connectivity index (χ3v) is 5.29. The number of aryl methyl sites for hydroxylation is 1. The number of anilines is 1. The van der Waals surface area contributed by atoms with Gasteiger partial charge in [-0.1, -0.05) is 86.9 Å². The second-order valence-corrected chi connectivity index (χ2v) is 7.72. The number of para-hydroxylation sites is 1. The first-order valence-electron chi connectivity index (χ1n) is 10.5. The lowest BCUT2D eigenvalue weighted by Gasteiger charge is -2.10. The number of rotatable bonds is 9. The van der Waals surface area contributed by atoms with Gasteiger partial charge in [-0.15, -0.1) is 0 Å². The Kier molecular flexibility index (Phi) is 8.16. The van der Waals surface area contributed by atoms with Crippen molar-refractivity contribution in [3.05, 3.63) is 96.3 Å². The van der Waals surface area contributed by atoms with Crippen molar-refractivity contribution in [1.82, 2.24) is 0 Å². The molecular weight excluding hydrogens is 388 g/mol. The first kappa shape index (κ1) is 21.7. The predicted molar refractivity (Wildman–Crippen MR) is 129 cm³/mol. The average molecular weight is 418 g/mol. The van der Waals surface area contributed by atoms with Gasteiger partial charge in [0.05, 0.1) is 0 Å². The highest BCUT2D eigenvalue weighted by Gasteiger charge is 2.23. The van der Waals surface area contributed by atoms with E-state index in [4.69, 9.17) is 12.2 Å². The number of thiocarbonyl (C=S) groups is 1. The van der Waals surface area contributed by atoms with Gasteiger partial charge in [-0.2, -0.15) is 4.57 Å². The van der Waals surface area contributed by atoms with E-state index in [0.717, 1.165) is 17.7 Å². The monoisotopic (exact) mass is 417 g/mol. The standard InChI is InChI=1S/C26H28N2OS/c1-2-3-4-7-12-21-15-17-22(18-16-21)25(29)24(28-19-10-6-11-20-28)26(30)27-23-13-8-5-9-14-23/h5-6,8-11,13-20H,2-4,7,12H2,1H3,(H-,27,29,30)/p+1. The molecule has 0 aliphatic carbocycles. The number of aliphatic hydroxyl groups excluding tert-OH is 1. The minimum absolute atomic E-state index is 0.150. The van der Waals surface area contributed by atoms with Crippen LogP contribution in [0.4, 0.5) is 5.69 Å². The molecule has 0 aliphatic rings. The van der Waals surface area contributed by atoms with Crippen LogP contribution in [0.15, 0.2) is 85.2 Å². The third kappa shape index (κ3) is 6.01. The molecule has 30 heavy (non-hydrogen) atoms. The molecule has 0 spiro atoms. The molecule has 0 radical (unpaired) electrons. The molecule has 154 valence electrons. The van der Waals surface area contributed by atoms with E-state index in [2.05, 4.69) is 24.4 Å². The fourth-order valence-corrected chi connectivity index (χ4v) is 3.65. The number of nitrogens with one attached hydrogen (secondary N) is 1. The SMILES string of the molecule is CCCCCCc1ccc(C(O)=C(C(=S)Nc2ccccc2)[n+]2ccccc2)cc1. The van der Waals surface area contributed by atoms with Crippen molar-refractivity contribution in [3.63, 3.8) is 0 Å². The molecule has 3 rings (SSSR count). The number of nitrogens with zero attached hydrogens (tertiary/aromatic N) is 1. The molecule has 2 N–H and O–H groups in total. The molecule has 0 saturated carbocycles. The van der Waals surface area contributed by atoms with Crippen LogP contribution >= 0.6 is 12.2 Å². The van der Waals surface area contributed by atoms with E-state index < -0.39 is 0 Å². The van der Waals surface area contributed by atoms with Crippen molar-refractivity contribution in [2.75, 3.05) is 5.32 Å². The number of hydrogen-bond donors (Lipinski definition) is 2. The molecule has 0 amide bonds. The van der Waals surface area contributed by atoms with Gasteiger partial charge in [-0.05, 0) is 30.5 Å². The number of unbranched alkanes of at least 4 members (excludes halogenated alkanes) is 3. The summed E-state index contributed by atoms with van der Waals surface area (Å²) in [7, 11) is 0. The topological polar surface area (TPSA) is 36.1 Å². The van der Waals surface area contributed by atoms with E-state index in [1.807, 2.05) is 77.6 Å². The van der Waals surface area contributed by atoms with Gasteiger partial charge < -0.3 is 10.4 Å². The largest absolute Gasteiger partial charge is 0.502 e. The fourth-order valence-electron chi connectivity index (χ4n) is 3.33. The van der Waals surface area contributed by atoms with Gasteiger partial charge in [0.25, 0.3) is 5.70 Å². The summed E-state index contributed by atoms with van der Waals surface area (Å²) in [6.45, 7) is 2.23. The van der Waals surface area contributed by atoms with E-state index in [0.29, 0.717) is 10.7 Å². The van der Waals surface area contributed by atoms with Crippen LogP contribution in [0, 0.1) is 0 Å². The van der Waals surface area contributed by atoms with Crippen LogP contribution in [0.25, 0.3) is 11.5 Å². The lowest BCUT2D eigenvalue weighted by atomic mass is 10.0. The number of hydrogen-bond acceptors (Lipinski definition) is 2. The molecule has 2 aromatic carbocycles. The van der Waals surface area contributed by atoms with Gasteiger partial charge in [0.1, 0.15) is 0 Å². The van der Waals surface area contributed by atoms with Gasteiger partial charge >= 0.3 is 0 Å². The van der Waals surface area contributed by atoms with Crippen molar-refractivity contribution < 1.29 is 9.67 Å². The van der Waals surface area contributed by atoms with E-state index in [1.165, 1.54) is 31.2 Å². The van der Waals surface area contributed by atoms with Gasteiger partial charge in [-0.3, -0.25) is 0 Å². The van der Waals surface area contributed by atoms with Crippen molar-refractivity contribution in [2.24, 2.45) is 0 Å². The van der Waals surface area contributed by atoms with Crippen LogP contribution in [0.2, 0.25) is 0 Å². The summed E-state index contributed by atoms with van der Waals surface area (Å²) in [5.74, 6) is 0.150. The average Bonchev–Trinajstić information content (AvgIpc) is 2.79. The quantitative estimate of drug-likeness (QED) is 0.139. The normalized spacial score (nSPS) is 11.6. The summed E-state index contributed by atoms with van der Waals surface area (Å²) in [4.78, 5) is 0.457. The maximum absolute atomic E-state index is 11.2. The summed E-state index contributed by atoms with van der Waals surface area (Å²) in [6.07, 6.45) is 9.82. The lowest BCUT2D eigenvalue weighted by molar-refractivity contribution is -0.575. The van der Waals surface area contributed by atoms with Crippen molar-refractivity contribution in [3.8, 4) is 0 Å². The van der Waals surface area contributed by atoms with Gasteiger partial charge in [-0.25, -0.2) is 0 Å². The molecule has 0 fully saturated rings. The van der Waals surface area contributed by atoms with Crippen LogP contribution in [0.5, 0.6) is 0 Å². The molecule has 1 heterocycles. The van der Waals surface area contributed by atoms with Gasteiger partial charge in [0.15, 0.2) is 23.1 Å². The summed E-state index contributed by atoms with van der Waals surface area (Å²) in [6, 6.07) is 23.6. The summed E-state index contributed by atoms with van der Waals surface area (Å²) < 4.78 is 1.84. The van der Waals surface area contributed by atoms with Gasteiger partial charge in [0.2, 0.25) is 0 Å². The highest BCUT2D eigenvalue weighted by Crippen LogP contribution is 2.20.